The van der Waals surface area contributed by atoms with Gasteiger partial charge in [-0.15, -0.1) is 0 Å². The predicted octanol–water partition coefficient (Wildman–Crippen LogP) is 4.90. The number of fused-ring (bicyclic) bond motifs is 3. The monoisotopic (exact) mass is 353 g/mol. The lowest BCUT2D eigenvalue weighted by molar-refractivity contribution is 0.570. The summed E-state index contributed by atoms with van der Waals surface area (Å²) in [5.41, 5.74) is 7.05. The van der Waals surface area contributed by atoms with Gasteiger partial charge in [-0.25, -0.2) is 4.68 Å². The van der Waals surface area contributed by atoms with Crippen LogP contribution in [-0.2, 0) is 0 Å². The molecule has 1 atom stereocenters. The third-order valence-corrected chi connectivity index (χ3v) is 4.59. The molecule has 110 valence electrons. The number of halogens is 1. The lowest BCUT2D eigenvalue weighted by Gasteiger charge is -2.30. The number of nitrogens with one attached hydrogen (secondary N) is 1. The number of aryl methyl sites for hydroxylation is 2. The van der Waals surface area contributed by atoms with E-state index in [1.165, 1.54) is 28.1 Å². The summed E-state index contributed by atoms with van der Waals surface area (Å²) < 4.78 is 3.16. The van der Waals surface area contributed by atoms with E-state index in [2.05, 4.69) is 75.3 Å². The maximum atomic E-state index is 4.71. The van der Waals surface area contributed by atoms with Crippen molar-refractivity contribution in [1.29, 1.82) is 0 Å². The zero-order valence-corrected chi connectivity index (χ0v) is 14.1. The Labute approximate surface area is 138 Å². The fraction of sp³-hybridized carbons (Fsp3) is 0.167. The Morgan fingerprint density at radius 3 is 2.73 bits per heavy atom. The van der Waals surface area contributed by atoms with Crippen molar-refractivity contribution in [3.05, 3.63) is 69.8 Å². The van der Waals surface area contributed by atoms with Gasteiger partial charge in [-0.2, -0.15) is 5.10 Å². The first-order valence-corrected chi connectivity index (χ1v) is 8.11. The molecule has 1 N–H and O–H groups in total. The minimum Gasteiger partial charge on any atom is -0.359 e. The molecule has 0 amide bonds. The molecule has 0 radical (unpaired) electrons. The van der Waals surface area contributed by atoms with Crippen LogP contribution in [0.5, 0.6) is 0 Å². The summed E-state index contributed by atoms with van der Waals surface area (Å²) in [5.74, 6) is 0. The number of nitrogens with zero attached hydrogens (tertiary/aromatic N) is 2. The lowest BCUT2D eigenvalue weighted by Crippen LogP contribution is -2.26. The lowest BCUT2D eigenvalue weighted by atomic mass is 10.0. The molecule has 0 saturated carbocycles. The maximum absolute atomic E-state index is 4.71. The highest BCUT2D eigenvalue weighted by Gasteiger charge is 2.27. The Balaban J connectivity index is 1.94. The largest absolute Gasteiger partial charge is 0.359 e. The number of rotatable bonds is 1. The second kappa shape index (κ2) is 4.99. The third kappa shape index (κ3) is 2.06. The van der Waals surface area contributed by atoms with Gasteiger partial charge in [0.2, 0.25) is 0 Å². The van der Waals surface area contributed by atoms with Gasteiger partial charge in [0.25, 0.3) is 0 Å². The van der Waals surface area contributed by atoms with Crippen molar-refractivity contribution in [2.75, 3.05) is 5.32 Å². The second-order valence-electron chi connectivity index (χ2n) is 5.71. The normalized spacial score (nSPS) is 15.9. The quantitative estimate of drug-likeness (QED) is 0.674. The smallest absolute Gasteiger partial charge is 0.147 e. The molecule has 22 heavy (non-hydrogen) atoms. The number of anilines is 1. The van der Waals surface area contributed by atoms with E-state index in [0.717, 1.165) is 10.2 Å². The zero-order valence-electron chi connectivity index (χ0n) is 12.5. The molecule has 2 aromatic carbocycles. The Morgan fingerprint density at radius 1 is 1.09 bits per heavy atom. The first-order valence-electron chi connectivity index (χ1n) is 7.31. The highest BCUT2D eigenvalue weighted by atomic mass is 79.9. The molecule has 1 aromatic heterocycles. The maximum Gasteiger partial charge on any atom is 0.147 e. The van der Waals surface area contributed by atoms with Gasteiger partial charge in [0.1, 0.15) is 6.17 Å². The molecule has 1 aliphatic rings. The van der Waals surface area contributed by atoms with Crippen LogP contribution >= 0.6 is 15.9 Å². The molecule has 0 aliphatic carbocycles. The summed E-state index contributed by atoms with van der Waals surface area (Å²) in [4.78, 5) is 0. The zero-order chi connectivity index (χ0) is 15.3. The van der Waals surface area contributed by atoms with Crippen molar-refractivity contribution in [1.82, 2.24) is 9.78 Å². The van der Waals surface area contributed by atoms with Gasteiger partial charge in [-0.05, 0) is 43.2 Å². The van der Waals surface area contributed by atoms with Crippen LogP contribution in [0, 0.1) is 13.8 Å². The average Bonchev–Trinajstić information content (AvgIpc) is 2.88. The fourth-order valence-corrected chi connectivity index (χ4v) is 3.50. The van der Waals surface area contributed by atoms with Crippen LogP contribution in [0.1, 0.15) is 23.0 Å². The molecule has 0 spiro atoms. The highest BCUT2D eigenvalue weighted by Crippen LogP contribution is 2.40. The van der Waals surface area contributed by atoms with E-state index in [4.69, 9.17) is 5.10 Å². The third-order valence-electron chi connectivity index (χ3n) is 4.10. The van der Waals surface area contributed by atoms with Gasteiger partial charge in [0.15, 0.2) is 0 Å². The molecule has 0 saturated heterocycles. The molecule has 4 rings (SSSR count). The SMILES string of the molecule is Cc1cc2n(n1)C(c1cccc(Br)c1)Nc1c(C)cccc1-2. The molecule has 2 heterocycles. The molecule has 3 aromatic rings. The van der Waals surface area contributed by atoms with Crippen molar-refractivity contribution >= 4 is 21.6 Å². The summed E-state index contributed by atoms with van der Waals surface area (Å²) in [6.07, 6.45) is 0.00907. The number of para-hydroxylation sites is 1. The average molecular weight is 354 g/mol. The van der Waals surface area contributed by atoms with E-state index in [1.54, 1.807) is 0 Å². The van der Waals surface area contributed by atoms with Crippen LogP contribution in [0.2, 0.25) is 0 Å². The van der Waals surface area contributed by atoms with Crippen molar-refractivity contribution in [3.63, 3.8) is 0 Å². The van der Waals surface area contributed by atoms with Crippen molar-refractivity contribution in [2.24, 2.45) is 0 Å². The summed E-state index contributed by atoms with van der Waals surface area (Å²) in [6, 6.07) is 16.9. The van der Waals surface area contributed by atoms with Gasteiger partial charge >= 0.3 is 0 Å². The highest BCUT2D eigenvalue weighted by molar-refractivity contribution is 9.10. The molecule has 4 heteroatoms. The number of hydrogen-bond donors (Lipinski definition) is 1. The van der Waals surface area contributed by atoms with Gasteiger partial charge in [0.05, 0.1) is 11.4 Å². The first kappa shape index (κ1) is 13.6. The van der Waals surface area contributed by atoms with Crippen LogP contribution < -0.4 is 5.32 Å². The molecule has 0 bridgehead atoms. The standard InChI is InChI=1S/C18H16BrN3/c1-11-5-3-8-15-16-9-12(2)21-22(16)18(20-17(11)15)13-6-4-7-14(19)10-13/h3-10,18,20H,1-2H3. The van der Waals surface area contributed by atoms with Gasteiger partial charge < -0.3 is 5.32 Å². The Bertz CT molecular complexity index is 867. The molecular formula is C18H16BrN3. The number of benzene rings is 2. The minimum absolute atomic E-state index is 0.00907. The Morgan fingerprint density at radius 2 is 1.91 bits per heavy atom. The second-order valence-corrected chi connectivity index (χ2v) is 6.63. The van der Waals surface area contributed by atoms with Crippen LogP contribution in [0.4, 0.5) is 5.69 Å². The summed E-state index contributed by atoms with van der Waals surface area (Å²) in [6.45, 7) is 4.18. The van der Waals surface area contributed by atoms with Crippen LogP contribution in [-0.4, -0.2) is 9.78 Å². The summed E-state index contributed by atoms with van der Waals surface area (Å²) in [5, 5.41) is 8.36. The van der Waals surface area contributed by atoms with E-state index in [0.29, 0.717) is 0 Å². The van der Waals surface area contributed by atoms with E-state index in [9.17, 15) is 0 Å². The molecule has 0 fully saturated rings. The van der Waals surface area contributed by atoms with Crippen molar-refractivity contribution in [2.45, 2.75) is 20.0 Å². The van der Waals surface area contributed by atoms with Crippen molar-refractivity contribution in [3.8, 4) is 11.3 Å². The molecule has 3 nitrogen and oxygen atoms in total. The van der Waals surface area contributed by atoms with E-state index in [-0.39, 0.29) is 6.17 Å². The number of aromatic nitrogens is 2. The minimum atomic E-state index is 0.00907. The first-order chi connectivity index (χ1) is 10.6. The predicted molar refractivity (Wildman–Crippen MR) is 93.0 cm³/mol. The van der Waals surface area contributed by atoms with Gasteiger partial charge in [0, 0.05) is 15.7 Å². The molecular weight excluding hydrogens is 338 g/mol. The Hall–Kier alpha value is -2.07. The fourth-order valence-electron chi connectivity index (χ4n) is 3.09. The van der Waals surface area contributed by atoms with Crippen molar-refractivity contribution < 1.29 is 0 Å². The van der Waals surface area contributed by atoms with Crippen LogP contribution in [0.15, 0.2) is 53.0 Å². The molecule has 1 aliphatic heterocycles. The van der Waals surface area contributed by atoms with Crippen LogP contribution in [0.3, 0.4) is 0 Å². The Kier molecular flexibility index (Phi) is 3.08. The van der Waals surface area contributed by atoms with E-state index in [1.807, 2.05) is 13.0 Å². The summed E-state index contributed by atoms with van der Waals surface area (Å²) >= 11 is 3.56. The topological polar surface area (TPSA) is 29.9 Å². The van der Waals surface area contributed by atoms with Gasteiger partial charge in [-0.1, -0.05) is 46.3 Å². The molecule has 1 unspecified atom stereocenters. The van der Waals surface area contributed by atoms with E-state index >= 15 is 0 Å². The number of hydrogen-bond acceptors (Lipinski definition) is 2. The van der Waals surface area contributed by atoms with E-state index < -0.39 is 0 Å². The summed E-state index contributed by atoms with van der Waals surface area (Å²) in [7, 11) is 0. The van der Waals surface area contributed by atoms with Gasteiger partial charge in [-0.3, -0.25) is 0 Å². The van der Waals surface area contributed by atoms with Crippen LogP contribution in [0.25, 0.3) is 11.3 Å².